The van der Waals surface area contributed by atoms with Gasteiger partial charge in [0.15, 0.2) is 5.78 Å². The standard InChI is InChI=1S/C27H44O3/c1-17(2)8-7-9-18(3)19-10-11-20-22-21(12-15-25(19,20)4)26-13-5-6-14-27(26,29)24(28)23(22)30-16-26/h17-23,29H,5-16H2,1-4H3/t18-,19-,20+,21+,22+,23-,25-,26+,27+/m1/s1. The molecule has 3 heteroatoms. The van der Waals surface area contributed by atoms with Crippen LogP contribution in [0.1, 0.15) is 98.3 Å². The van der Waals surface area contributed by atoms with Crippen LogP contribution in [-0.4, -0.2) is 29.2 Å². The van der Waals surface area contributed by atoms with E-state index in [1.165, 1.54) is 44.9 Å². The molecule has 170 valence electrons. The summed E-state index contributed by atoms with van der Waals surface area (Å²) < 4.78 is 6.31. The third kappa shape index (κ3) is 2.73. The Balaban J connectivity index is 1.40. The minimum absolute atomic E-state index is 0.0624. The number of aliphatic hydroxyl groups is 1. The molecule has 6 aliphatic rings. The maximum absolute atomic E-state index is 13.5. The number of carbonyl (C=O) groups excluding carboxylic acids is 1. The van der Waals surface area contributed by atoms with Crippen LogP contribution in [0.15, 0.2) is 0 Å². The van der Waals surface area contributed by atoms with E-state index < -0.39 is 5.60 Å². The Morgan fingerprint density at radius 3 is 2.57 bits per heavy atom. The maximum Gasteiger partial charge on any atom is 0.193 e. The Morgan fingerprint density at radius 1 is 1.03 bits per heavy atom. The first-order valence-electron chi connectivity index (χ1n) is 13.1. The highest BCUT2D eigenvalue weighted by molar-refractivity contribution is 5.94. The highest BCUT2D eigenvalue weighted by Gasteiger charge is 2.74. The van der Waals surface area contributed by atoms with E-state index in [2.05, 4.69) is 27.7 Å². The predicted molar refractivity (Wildman–Crippen MR) is 119 cm³/mol. The number of Topliss-reactive ketones (excluding diaryl/α,β-unsaturated/α-hetero) is 1. The maximum atomic E-state index is 13.5. The van der Waals surface area contributed by atoms with Crippen molar-refractivity contribution in [3.8, 4) is 0 Å². The van der Waals surface area contributed by atoms with Gasteiger partial charge in [0.25, 0.3) is 0 Å². The normalized spacial score (nSPS) is 50.9. The molecule has 1 N–H and O–H groups in total. The molecule has 9 atom stereocenters. The SMILES string of the molecule is CC(C)CCC[C@@H](C)[C@H]1CC[C@H]2[C@@H]3[C@H]4OC[C@@]5(CCCC[C@]5(O)C4=O)[C@H]3CC[C@]12C. The second-order valence-electron chi connectivity index (χ2n) is 12.6. The summed E-state index contributed by atoms with van der Waals surface area (Å²) in [7, 11) is 0. The Labute approximate surface area is 183 Å². The summed E-state index contributed by atoms with van der Waals surface area (Å²) >= 11 is 0. The second kappa shape index (κ2) is 7.30. The molecule has 2 bridgehead atoms. The van der Waals surface area contributed by atoms with Gasteiger partial charge in [-0.3, -0.25) is 4.79 Å². The number of ether oxygens (including phenoxy) is 1. The molecule has 30 heavy (non-hydrogen) atoms. The number of rotatable bonds is 5. The van der Waals surface area contributed by atoms with Crippen molar-refractivity contribution in [1.82, 2.24) is 0 Å². The van der Waals surface area contributed by atoms with E-state index in [-0.39, 0.29) is 17.3 Å². The molecule has 4 aliphatic carbocycles. The average molecular weight is 417 g/mol. The first-order chi connectivity index (χ1) is 14.2. The molecule has 0 radical (unpaired) electrons. The van der Waals surface area contributed by atoms with Crippen LogP contribution >= 0.6 is 0 Å². The molecule has 4 saturated carbocycles. The van der Waals surface area contributed by atoms with Crippen LogP contribution in [0.4, 0.5) is 0 Å². The average Bonchev–Trinajstić information content (AvgIpc) is 3.06. The number of ketones is 1. The Hall–Kier alpha value is -0.410. The molecule has 0 aromatic heterocycles. The fourth-order valence-corrected chi connectivity index (χ4v) is 9.56. The van der Waals surface area contributed by atoms with E-state index >= 15 is 0 Å². The van der Waals surface area contributed by atoms with Crippen LogP contribution < -0.4 is 0 Å². The van der Waals surface area contributed by atoms with Crippen molar-refractivity contribution < 1.29 is 14.6 Å². The summed E-state index contributed by atoms with van der Waals surface area (Å²) in [6.07, 6.45) is 12.6. The molecule has 0 amide bonds. The molecule has 0 unspecified atom stereocenters. The lowest BCUT2D eigenvalue weighted by Crippen LogP contribution is -2.76. The van der Waals surface area contributed by atoms with Gasteiger partial charge in [-0.2, -0.15) is 0 Å². The van der Waals surface area contributed by atoms with Gasteiger partial charge in [-0.05, 0) is 79.4 Å². The molecule has 0 aromatic rings. The highest BCUT2D eigenvalue weighted by Crippen LogP contribution is 2.70. The van der Waals surface area contributed by atoms with Crippen LogP contribution in [0.3, 0.4) is 0 Å². The molecule has 1 spiro atoms. The second-order valence-corrected chi connectivity index (χ2v) is 12.6. The van der Waals surface area contributed by atoms with Crippen LogP contribution in [0.5, 0.6) is 0 Å². The van der Waals surface area contributed by atoms with Crippen LogP contribution in [0, 0.1) is 46.3 Å². The van der Waals surface area contributed by atoms with Crippen molar-refractivity contribution in [3.05, 3.63) is 0 Å². The largest absolute Gasteiger partial charge is 0.381 e. The molecule has 2 heterocycles. The lowest BCUT2D eigenvalue weighted by Gasteiger charge is -2.68. The molecule has 6 fully saturated rings. The van der Waals surface area contributed by atoms with Crippen LogP contribution in [0.2, 0.25) is 0 Å². The molecule has 0 aromatic carbocycles. The smallest absolute Gasteiger partial charge is 0.193 e. The summed E-state index contributed by atoms with van der Waals surface area (Å²) in [5.74, 6) is 3.88. The first-order valence-corrected chi connectivity index (χ1v) is 13.1. The van der Waals surface area contributed by atoms with Crippen molar-refractivity contribution in [2.45, 2.75) is 110 Å². The number of hydrogen-bond donors (Lipinski definition) is 1. The van der Waals surface area contributed by atoms with Gasteiger partial charge >= 0.3 is 0 Å². The highest BCUT2D eigenvalue weighted by atomic mass is 16.5. The minimum Gasteiger partial charge on any atom is -0.381 e. The molecule has 2 aliphatic heterocycles. The Kier molecular flexibility index (Phi) is 5.22. The number of carbonyl (C=O) groups is 1. The molecule has 3 nitrogen and oxygen atoms in total. The third-order valence-electron chi connectivity index (χ3n) is 11.0. The molecular weight excluding hydrogens is 372 g/mol. The van der Waals surface area contributed by atoms with Crippen LogP contribution in [-0.2, 0) is 9.53 Å². The molecular formula is C27H44O3. The lowest BCUT2D eigenvalue weighted by atomic mass is 9.40. The van der Waals surface area contributed by atoms with Crippen molar-refractivity contribution in [1.29, 1.82) is 0 Å². The van der Waals surface area contributed by atoms with Gasteiger partial charge in [-0.15, -0.1) is 0 Å². The van der Waals surface area contributed by atoms with Crippen molar-refractivity contribution >= 4 is 5.78 Å². The summed E-state index contributed by atoms with van der Waals surface area (Å²) in [5, 5.41) is 11.6. The topological polar surface area (TPSA) is 46.5 Å². The van der Waals surface area contributed by atoms with E-state index in [9.17, 15) is 9.90 Å². The van der Waals surface area contributed by atoms with Gasteiger partial charge in [0.05, 0.1) is 6.61 Å². The van der Waals surface area contributed by atoms with Crippen molar-refractivity contribution in [2.75, 3.05) is 6.61 Å². The van der Waals surface area contributed by atoms with Crippen molar-refractivity contribution in [2.24, 2.45) is 46.3 Å². The summed E-state index contributed by atoms with van der Waals surface area (Å²) in [4.78, 5) is 13.5. The number of hydrogen-bond acceptors (Lipinski definition) is 3. The molecule has 2 saturated heterocycles. The minimum atomic E-state index is -1.09. The van der Waals surface area contributed by atoms with Crippen molar-refractivity contribution in [3.63, 3.8) is 0 Å². The van der Waals surface area contributed by atoms with E-state index in [0.29, 0.717) is 36.2 Å². The fourth-order valence-electron chi connectivity index (χ4n) is 9.56. The van der Waals surface area contributed by atoms with Gasteiger partial charge in [0, 0.05) is 5.41 Å². The fraction of sp³-hybridized carbons (Fsp3) is 0.963. The number of fused-ring (bicyclic) bond motifs is 2. The predicted octanol–water partition coefficient (Wildman–Crippen LogP) is 5.78. The quantitative estimate of drug-likeness (QED) is 0.618. The molecule has 6 rings (SSSR count). The van der Waals surface area contributed by atoms with Gasteiger partial charge < -0.3 is 9.84 Å². The summed E-state index contributed by atoms with van der Waals surface area (Å²) in [6.45, 7) is 10.3. The Bertz CT molecular complexity index is 684. The van der Waals surface area contributed by atoms with Gasteiger partial charge in [-0.25, -0.2) is 0 Å². The zero-order chi connectivity index (χ0) is 21.3. The van der Waals surface area contributed by atoms with E-state index in [0.717, 1.165) is 37.0 Å². The van der Waals surface area contributed by atoms with E-state index in [1.807, 2.05) is 0 Å². The first kappa shape index (κ1) is 21.4. The lowest BCUT2D eigenvalue weighted by molar-refractivity contribution is -0.289. The van der Waals surface area contributed by atoms with E-state index in [4.69, 9.17) is 4.74 Å². The summed E-state index contributed by atoms with van der Waals surface area (Å²) in [5.41, 5.74) is -1.03. The third-order valence-corrected chi connectivity index (χ3v) is 11.0. The van der Waals surface area contributed by atoms with Gasteiger partial charge in [0.1, 0.15) is 11.7 Å². The van der Waals surface area contributed by atoms with E-state index in [1.54, 1.807) is 0 Å². The van der Waals surface area contributed by atoms with Gasteiger partial charge in [0.2, 0.25) is 0 Å². The van der Waals surface area contributed by atoms with Gasteiger partial charge in [-0.1, -0.05) is 59.8 Å². The Morgan fingerprint density at radius 2 is 1.80 bits per heavy atom. The summed E-state index contributed by atoms with van der Waals surface area (Å²) in [6, 6.07) is 0. The monoisotopic (exact) mass is 416 g/mol. The zero-order valence-electron chi connectivity index (χ0n) is 19.8. The zero-order valence-corrected chi connectivity index (χ0v) is 19.8. The van der Waals surface area contributed by atoms with Crippen LogP contribution in [0.25, 0.3) is 0 Å².